The van der Waals surface area contributed by atoms with Crippen LogP contribution in [0.5, 0.6) is 0 Å². The van der Waals surface area contributed by atoms with Gasteiger partial charge in [0.15, 0.2) is 0 Å². The minimum Gasteiger partial charge on any atom is -0.480 e. The van der Waals surface area contributed by atoms with Crippen molar-refractivity contribution >= 4 is 17.7 Å². The molecule has 1 fully saturated rings. The summed E-state index contributed by atoms with van der Waals surface area (Å²) in [4.78, 5) is 25.2. The van der Waals surface area contributed by atoms with E-state index in [1.165, 1.54) is 4.90 Å². The number of carboxylic acids is 1. The fourth-order valence-electron chi connectivity index (χ4n) is 2.76. The molecule has 2 rings (SSSR count). The summed E-state index contributed by atoms with van der Waals surface area (Å²) >= 11 is 0. The first-order valence-electron chi connectivity index (χ1n) is 7.41. The van der Waals surface area contributed by atoms with Gasteiger partial charge in [0.1, 0.15) is 6.04 Å². The number of amides is 2. The molecule has 0 bridgehead atoms. The van der Waals surface area contributed by atoms with Crippen LogP contribution in [-0.2, 0) is 11.2 Å². The van der Waals surface area contributed by atoms with Crippen LogP contribution in [0.1, 0.15) is 32.3 Å². The maximum Gasteiger partial charge on any atom is 0.326 e. The topological polar surface area (TPSA) is 69.6 Å². The van der Waals surface area contributed by atoms with Crippen molar-refractivity contribution in [1.29, 1.82) is 0 Å². The van der Waals surface area contributed by atoms with Gasteiger partial charge in [-0.1, -0.05) is 32.0 Å². The number of aryl methyl sites for hydroxylation is 1. The fraction of sp³-hybridized carbons (Fsp3) is 0.500. The normalized spacial score (nSPS) is 21.9. The van der Waals surface area contributed by atoms with Crippen LogP contribution in [0.4, 0.5) is 10.5 Å². The molecule has 0 aliphatic carbocycles. The van der Waals surface area contributed by atoms with Crippen molar-refractivity contribution in [3.8, 4) is 0 Å². The van der Waals surface area contributed by atoms with E-state index in [0.29, 0.717) is 18.9 Å². The van der Waals surface area contributed by atoms with Gasteiger partial charge in [-0.15, -0.1) is 0 Å². The monoisotopic (exact) mass is 290 g/mol. The molecule has 5 heteroatoms. The lowest BCUT2D eigenvalue weighted by Gasteiger charge is -2.36. The van der Waals surface area contributed by atoms with E-state index >= 15 is 0 Å². The third-order valence-corrected chi connectivity index (χ3v) is 4.05. The van der Waals surface area contributed by atoms with Gasteiger partial charge in [0.2, 0.25) is 0 Å². The van der Waals surface area contributed by atoms with Gasteiger partial charge in [0.25, 0.3) is 0 Å². The highest BCUT2D eigenvalue weighted by Gasteiger charge is 2.34. The summed E-state index contributed by atoms with van der Waals surface area (Å²) in [6.45, 7) is 4.53. The molecule has 2 N–H and O–H groups in total. The predicted octanol–water partition coefficient (Wildman–Crippen LogP) is 2.97. The number of carboxylic acid groups (broad SMARTS) is 1. The molecule has 1 saturated heterocycles. The van der Waals surface area contributed by atoms with E-state index in [4.69, 9.17) is 0 Å². The lowest BCUT2D eigenvalue weighted by molar-refractivity contribution is -0.143. The van der Waals surface area contributed by atoms with Crippen molar-refractivity contribution < 1.29 is 14.7 Å². The number of benzene rings is 1. The first kappa shape index (κ1) is 15.4. The zero-order chi connectivity index (χ0) is 15.4. The summed E-state index contributed by atoms with van der Waals surface area (Å²) in [5.41, 5.74) is 1.80. The van der Waals surface area contributed by atoms with E-state index < -0.39 is 12.0 Å². The van der Waals surface area contributed by atoms with Crippen LogP contribution in [0.15, 0.2) is 24.3 Å². The molecule has 0 spiro atoms. The Hall–Kier alpha value is -2.04. The maximum atomic E-state index is 12.4. The van der Waals surface area contributed by atoms with Crippen LogP contribution >= 0.6 is 0 Å². The van der Waals surface area contributed by atoms with Gasteiger partial charge in [-0.25, -0.2) is 9.59 Å². The number of para-hydroxylation sites is 1. The standard InChI is InChI=1S/C16H22N2O3/c1-3-12-6-4-5-7-13(12)17-16(21)18-9-8-11(2)10-14(18)15(19)20/h4-7,11,14H,3,8-10H2,1-2H3,(H,17,21)(H,19,20). The Morgan fingerprint density at radius 1 is 1.38 bits per heavy atom. The molecule has 0 aromatic heterocycles. The number of urea groups is 1. The fourth-order valence-corrected chi connectivity index (χ4v) is 2.76. The Bertz CT molecular complexity index is 530. The minimum atomic E-state index is -0.930. The summed E-state index contributed by atoms with van der Waals surface area (Å²) < 4.78 is 0. The van der Waals surface area contributed by atoms with Crippen molar-refractivity contribution in [3.05, 3.63) is 29.8 Å². The number of likely N-dealkylation sites (tertiary alicyclic amines) is 1. The molecule has 5 nitrogen and oxygen atoms in total. The SMILES string of the molecule is CCc1ccccc1NC(=O)N1CCC(C)CC1C(=O)O. The highest BCUT2D eigenvalue weighted by molar-refractivity contribution is 5.93. The number of piperidine rings is 1. The van der Waals surface area contributed by atoms with Crippen LogP contribution in [0, 0.1) is 5.92 Å². The Kier molecular flexibility index (Phi) is 4.83. The number of nitrogens with one attached hydrogen (secondary N) is 1. The Morgan fingerprint density at radius 3 is 2.76 bits per heavy atom. The van der Waals surface area contributed by atoms with Crippen LogP contribution in [0.3, 0.4) is 0 Å². The molecule has 1 aromatic rings. The van der Waals surface area contributed by atoms with Gasteiger partial charge in [-0.2, -0.15) is 0 Å². The molecule has 2 amide bonds. The number of hydrogen-bond acceptors (Lipinski definition) is 2. The van der Waals surface area contributed by atoms with Crippen LogP contribution in [0.25, 0.3) is 0 Å². The molecule has 0 saturated carbocycles. The highest BCUT2D eigenvalue weighted by atomic mass is 16.4. The van der Waals surface area contributed by atoms with E-state index in [1.54, 1.807) is 0 Å². The third kappa shape index (κ3) is 3.54. The summed E-state index contributed by atoms with van der Waals surface area (Å²) in [5, 5.41) is 12.2. The van der Waals surface area contributed by atoms with Crippen LogP contribution in [0.2, 0.25) is 0 Å². The Labute approximate surface area is 125 Å². The second kappa shape index (κ2) is 6.61. The van der Waals surface area contributed by atoms with Crippen molar-refractivity contribution in [2.24, 2.45) is 5.92 Å². The van der Waals surface area contributed by atoms with Crippen molar-refractivity contribution in [2.45, 2.75) is 39.2 Å². The van der Waals surface area contributed by atoms with Gasteiger partial charge < -0.3 is 15.3 Å². The molecule has 1 aromatic carbocycles. The third-order valence-electron chi connectivity index (χ3n) is 4.05. The quantitative estimate of drug-likeness (QED) is 0.899. The summed E-state index contributed by atoms with van der Waals surface area (Å²) in [7, 11) is 0. The molecule has 1 heterocycles. The van der Waals surface area contributed by atoms with Crippen molar-refractivity contribution in [2.75, 3.05) is 11.9 Å². The first-order chi connectivity index (χ1) is 10.0. The molecule has 114 valence electrons. The molecule has 0 radical (unpaired) electrons. The van der Waals surface area contributed by atoms with E-state index in [2.05, 4.69) is 5.32 Å². The van der Waals surface area contributed by atoms with Gasteiger partial charge in [0, 0.05) is 12.2 Å². The minimum absolute atomic E-state index is 0.324. The number of rotatable bonds is 3. The summed E-state index contributed by atoms with van der Waals surface area (Å²) in [6, 6.07) is 6.54. The van der Waals surface area contributed by atoms with Crippen molar-refractivity contribution in [3.63, 3.8) is 0 Å². The van der Waals surface area contributed by atoms with Gasteiger partial charge >= 0.3 is 12.0 Å². The van der Waals surface area contributed by atoms with Gasteiger partial charge in [-0.3, -0.25) is 0 Å². The second-order valence-corrected chi connectivity index (χ2v) is 5.62. The largest absolute Gasteiger partial charge is 0.480 e. The molecule has 2 unspecified atom stereocenters. The number of anilines is 1. The predicted molar refractivity (Wildman–Crippen MR) is 81.4 cm³/mol. The van der Waals surface area contributed by atoms with E-state index in [9.17, 15) is 14.7 Å². The summed E-state index contributed by atoms with van der Waals surface area (Å²) in [5.74, 6) is -0.599. The summed E-state index contributed by atoms with van der Waals surface area (Å²) in [6.07, 6.45) is 2.17. The molecular formula is C16H22N2O3. The van der Waals surface area contributed by atoms with Gasteiger partial charge in [0.05, 0.1) is 0 Å². The second-order valence-electron chi connectivity index (χ2n) is 5.62. The zero-order valence-corrected chi connectivity index (χ0v) is 12.5. The van der Waals surface area contributed by atoms with E-state index in [1.807, 2.05) is 38.1 Å². The van der Waals surface area contributed by atoms with Gasteiger partial charge in [-0.05, 0) is 36.8 Å². The molecule has 1 aliphatic heterocycles. The number of hydrogen-bond donors (Lipinski definition) is 2. The van der Waals surface area contributed by atoms with Crippen LogP contribution in [-0.4, -0.2) is 34.6 Å². The van der Waals surface area contributed by atoms with E-state index in [-0.39, 0.29) is 6.03 Å². The molecule has 21 heavy (non-hydrogen) atoms. The first-order valence-corrected chi connectivity index (χ1v) is 7.41. The lowest BCUT2D eigenvalue weighted by Crippen LogP contribution is -2.51. The number of aliphatic carboxylic acids is 1. The molecule has 2 atom stereocenters. The Morgan fingerprint density at radius 2 is 2.10 bits per heavy atom. The van der Waals surface area contributed by atoms with E-state index in [0.717, 1.165) is 24.1 Å². The average Bonchev–Trinajstić information content (AvgIpc) is 2.47. The van der Waals surface area contributed by atoms with Crippen molar-refractivity contribution in [1.82, 2.24) is 4.90 Å². The highest BCUT2D eigenvalue weighted by Crippen LogP contribution is 2.24. The lowest BCUT2D eigenvalue weighted by atomic mass is 9.93. The smallest absolute Gasteiger partial charge is 0.326 e. The number of carbonyl (C=O) groups excluding carboxylic acids is 1. The van der Waals surface area contributed by atoms with Crippen LogP contribution < -0.4 is 5.32 Å². The zero-order valence-electron chi connectivity index (χ0n) is 12.5. The number of nitrogens with zero attached hydrogens (tertiary/aromatic N) is 1. The molecular weight excluding hydrogens is 268 g/mol. The molecule has 1 aliphatic rings. The average molecular weight is 290 g/mol. The maximum absolute atomic E-state index is 12.4. The Balaban J connectivity index is 2.13. The number of carbonyl (C=O) groups is 2.